The first kappa shape index (κ1) is 23.7. The third kappa shape index (κ3) is 4.30. The minimum atomic E-state index is -0.520. The Kier molecular flexibility index (Phi) is 6.21. The lowest BCUT2D eigenvalue weighted by Crippen LogP contribution is -2.46. The third-order valence-electron chi connectivity index (χ3n) is 7.21. The molecule has 2 aliphatic heterocycles. The number of carbonyl (C=O) groups is 1. The summed E-state index contributed by atoms with van der Waals surface area (Å²) < 4.78 is 21.0. The highest BCUT2D eigenvalue weighted by atomic mass is 32.1. The number of benzene rings is 2. The molecule has 0 saturated carbocycles. The van der Waals surface area contributed by atoms with Gasteiger partial charge < -0.3 is 20.3 Å². The first-order chi connectivity index (χ1) is 18.0. The predicted molar refractivity (Wildman–Crippen MR) is 143 cm³/mol. The minimum absolute atomic E-state index is 0.0871. The van der Waals surface area contributed by atoms with Gasteiger partial charge in [-0.1, -0.05) is 6.07 Å². The van der Waals surface area contributed by atoms with Crippen LogP contribution in [0.3, 0.4) is 0 Å². The Balaban J connectivity index is 1.37. The summed E-state index contributed by atoms with van der Waals surface area (Å²) in [6.45, 7) is 4.88. The molecule has 2 N–H and O–H groups in total. The summed E-state index contributed by atoms with van der Waals surface area (Å²) in [7, 11) is 1.46. The van der Waals surface area contributed by atoms with E-state index in [4.69, 9.17) is 9.72 Å². The Bertz CT molecular complexity index is 1490. The molecule has 0 radical (unpaired) electrons. The number of methoxy groups -OCH3 is 1. The number of hydrogen-bond acceptors (Lipinski definition) is 8. The van der Waals surface area contributed by atoms with E-state index in [1.165, 1.54) is 25.4 Å². The first-order valence-corrected chi connectivity index (χ1v) is 13.2. The summed E-state index contributed by atoms with van der Waals surface area (Å²) in [4.78, 5) is 29.3. The van der Waals surface area contributed by atoms with Crippen LogP contribution in [0.15, 0.2) is 42.6 Å². The van der Waals surface area contributed by atoms with E-state index in [0.29, 0.717) is 23.4 Å². The molecule has 8 nitrogen and oxygen atoms in total. The number of nitrogens with zero attached hydrogens (tertiary/aromatic N) is 4. The number of halogens is 1. The van der Waals surface area contributed by atoms with Gasteiger partial charge in [-0.05, 0) is 62.6 Å². The predicted octanol–water partition coefficient (Wildman–Crippen LogP) is 4.65. The van der Waals surface area contributed by atoms with Crippen LogP contribution in [0.25, 0.3) is 21.6 Å². The number of hydrogen-bond donors (Lipinski definition) is 2. The lowest BCUT2D eigenvalue weighted by atomic mass is 9.93. The van der Waals surface area contributed by atoms with E-state index in [9.17, 15) is 9.18 Å². The van der Waals surface area contributed by atoms with Crippen molar-refractivity contribution in [2.45, 2.75) is 25.8 Å². The van der Waals surface area contributed by atoms with E-state index in [0.717, 1.165) is 53.4 Å². The Hall–Kier alpha value is -3.63. The lowest BCUT2D eigenvalue weighted by Gasteiger charge is -2.34. The van der Waals surface area contributed by atoms with E-state index >= 15 is 0 Å². The Morgan fingerprint density at radius 3 is 2.97 bits per heavy atom. The summed E-state index contributed by atoms with van der Waals surface area (Å²) in [6.07, 6.45) is 3.73. The first-order valence-electron chi connectivity index (χ1n) is 12.4. The summed E-state index contributed by atoms with van der Waals surface area (Å²) in [5, 5.41) is 7.58. The van der Waals surface area contributed by atoms with Gasteiger partial charge in [0.2, 0.25) is 0 Å². The van der Waals surface area contributed by atoms with Crippen LogP contribution in [-0.2, 0) is 0 Å². The van der Waals surface area contributed by atoms with E-state index in [1.54, 1.807) is 23.5 Å². The van der Waals surface area contributed by atoms with E-state index < -0.39 is 11.7 Å². The van der Waals surface area contributed by atoms with Crippen molar-refractivity contribution < 1.29 is 13.9 Å². The largest absolute Gasteiger partial charge is 0.496 e. The fraction of sp³-hybridized carbons (Fsp3) is 0.333. The molecule has 2 aromatic carbocycles. The highest BCUT2D eigenvalue weighted by Gasteiger charge is 2.38. The van der Waals surface area contributed by atoms with Gasteiger partial charge in [-0.2, -0.15) is 0 Å². The van der Waals surface area contributed by atoms with Crippen LogP contribution < -0.4 is 20.3 Å². The maximum atomic E-state index is 14.6. The van der Waals surface area contributed by atoms with Crippen molar-refractivity contribution in [3.05, 3.63) is 59.1 Å². The average molecular weight is 519 g/mol. The van der Waals surface area contributed by atoms with Gasteiger partial charge in [0, 0.05) is 25.3 Å². The number of thiazole rings is 1. The van der Waals surface area contributed by atoms with Gasteiger partial charge in [-0.3, -0.25) is 4.79 Å². The number of nitrogens with one attached hydrogen (secondary N) is 2. The molecule has 2 fully saturated rings. The smallest absolute Gasteiger partial charge is 0.274 e. The summed E-state index contributed by atoms with van der Waals surface area (Å²) >= 11 is 1.65. The Morgan fingerprint density at radius 2 is 2.11 bits per heavy atom. The van der Waals surface area contributed by atoms with Crippen LogP contribution in [-0.4, -0.2) is 53.6 Å². The Morgan fingerprint density at radius 1 is 1.22 bits per heavy atom. The quantitative estimate of drug-likeness (QED) is 0.397. The molecule has 10 heteroatoms. The molecule has 37 heavy (non-hydrogen) atoms. The van der Waals surface area contributed by atoms with Crippen molar-refractivity contribution in [1.29, 1.82) is 0 Å². The number of anilines is 2. The molecule has 2 aliphatic rings. The molecule has 2 aromatic heterocycles. The monoisotopic (exact) mass is 518 g/mol. The number of aryl methyl sites for hydroxylation is 1. The van der Waals surface area contributed by atoms with E-state index in [1.807, 2.05) is 19.1 Å². The summed E-state index contributed by atoms with van der Waals surface area (Å²) in [6, 6.07) is 10.3. The molecule has 4 aromatic rings. The van der Waals surface area contributed by atoms with Crippen molar-refractivity contribution in [2.24, 2.45) is 5.92 Å². The number of amides is 1. The van der Waals surface area contributed by atoms with Crippen LogP contribution >= 0.6 is 11.3 Å². The van der Waals surface area contributed by atoms with Gasteiger partial charge in [0.1, 0.15) is 22.8 Å². The van der Waals surface area contributed by atoms with Crippen molar-refractivity contribution in [2.75, 3.05) is 37.0 Å². The second-order valence-corrected chi connectivity index (χ2v) is 10.6. The summed E-state index contributed by atoms with van der Waals surface area (Å²) in [5.41, 5.74) is 2.81. The maximum Gasteiger partial charge on any atom is 0.274 e. The number of fused-ring (bicyclic) bond motifs is 2. The average Bonchev–Trinajstić information content (AvgIpc) is 3.51. The molecule has 6 rings (SSSR count). The molecule has 0 bridgehead atoms. The maximum absolute atomic E-state index is 14.6. The highest BCUT2D eigenvalue weighted by Crippen LogP contribution is 2.42. The molecule has 1 amide bonds. The zero-order valence-electron chi connectivity index (χ0n) is 20.6. The molecule has 0 spiro atoms. The zero-order valence-corrected chi connectivity index (χ0v) is 21.4. The third-order valence-corrected chi connectivity index (χ3v) is 8.15. The number of carbonyl (C=O) groups excluding carboxylic acids is 1. The van der Waals surface area contributed by atoms with Crippen molar-refractivity contribution in [3.63, 3.8) is 0 Å². The molecule has 2 saturated heterocycles. The fourth-order valence-electron chi connectivity index (χ4n) is 5.51. The standard InChI is InChI=1S/C27H27FN6O2S/c1-15-31-24-22(37-15)7-6-18(25(24)34-13-10-16-8-11-29-14-20(16)34)33-27(35)19-9-12-30-26(32-19)23-17(28)4-3-5-21(23)36-2/h3-7,9,12,16,20,29H,8,10-11,13-14H2,1-2H3,(H,33,35). The second-order valence-electron chi connectivity index (χ2n) is 9.38. The number of piperidine rings is 1. The molecule has 2 atom stereocenters. The zero-order chi connectivity index (χ0) is 25.5. The van der Waals surface area contributed by atoms with Gasteiger partial charge in [0.05, 0.1) is 33.8 Å². The van der Waals surface area contributed by atoms with Crippen LogP contribution in [0.1, 0.15) is 28.3 Å². The van der Waals surface area contributed by atoms with Crippen LogP contribution in [0.2, 0.25) is 0 Å². The van der Waals surface area contributed by atoms with Gasteiger partial charge in [0.15, 0.2) is 5.82 Å². The molecule has 4 heterocycles. The molecule has 0 aliphatic carbocycles. The summed E-state index contributed by atoms with van der Waals surface area (Å²) in [5.74, 6) is 0.0927. The molecule has 190 valence electrons. The normalized spacial score (nSPS) is 19.2. The van der Waals surface area contributed by atoms with Gasteiger partial charge >= 0.3 is 0 Å². The van der Waals surface area contributed by atoms with Gasteiger partial charge in [-0.15, -0.1) is 11.3 Å². The van der Waals surface area contributed by atoms with Crippen molar-refractivity contribution in [3.8, 4) is 17.1 Å². The molecular weight excluding hydrogens is 491 g/mol. The van der Waals surface area contributed by atoms with Crippen molar-refractivity contribution >= 4 is 38.8 Å². The van der Waals surface area contributed by atoms with E-state index in [-0.39, 0.29) is 17.1 Å². The Labute approximate surface area is 217 Å². The fourth-order valence-corrected chi connectivity index (χ4v) is 6.34. The molecule has 2 unspecified atom stereocenters. The number of aromatic nitrogens is 3. The number of rotatable bonds is 5. The highest BCUT2D eigenvalue weighted by molar-refractivity contribution is 7.18. The lowest BCUT2D eigenvalue weighted by molar-refractivity contribution is 0.102. The number of ether oxygens (including phenoxy) is 1. The van der Waals surface area contributed by atoms with Crippen LogP contribution in [0.4, 0.5) is 15.8 Å². The SMILES string of the molecule is COc1cccc(F)c1-c1nccc(C(=O)Nc2ccc3sc(C)nc3c2N2CCC3CCNCC32)n1. The van der Waals surface area contributed by atoms with Crippen LogP contribution in [0.5, 0.6) is 5.75 Å². The van der Waals surface area contributed by atoms with Gasteiger partial charge in [0.25, 0.3) is 5.91 Å². The van der Waals surface area contributed by atoms with Crippen LogP contribution in [0, 0.1) is 18.7 Å². The van der Waals surface area contributed by atoms with Crippen molar-refractivity contribution in [1.82, 2.24) is 20.3 Å². The van der Waals surface area contributed by atoms with E-state index in [2.05, 4.69) is 25.5 Å². The topological polar surface area (TPSA) is 92.3 Å². The molecular formula is C27H27FN6O2S. The van der Waals surface area contributed by atoms with Gasteiger partial charge in [-0.25, -0.2) is 19.3 Å². The second kappa shape index (κ2) is 9.68. The minimum Gasteiger partial charge on any atom is -0.496 e.